The molecule has 2 N–H and O–H groups in total. The molecule has 1 saturated carbocycles. The smallest absolute Gasteiger partial charge is 0.282 e. The van der Waals surface area contributed by atoms with Gasteiger partial charge in [-0.25, -0.2) is 0 Å². The number of primary amides is 1. The minimum atomic E-state index is -3.41. The molecule has 22 heavy (non-hydrogen) atoms. The number of hydrogen-bond acceptors (Lipinski definition) is 4. The topological polar surface area (TPSA) is 87.0 Å². The van der Waals surface area contributed by atoms with Gasteiger partial charge >= 0.3 is 0 Å². The molecule has 0 aromatic heterocycles. The first kappa shape index (κ1) is 17.7. The number of nitrogens with two attached hydrogens (primary N) is 1. The Kier molecular flexibility index (Phi) is 5.81. The molecule has 7 nitrogen and oxygen atoms in total. The fourth-order valence-electron chi connectivity index (χ4n) is 3.32. The minimum absolute atomic E-state index is 0.126. The maximum atomic E-state index is 12.7. The summed E-state index contributed by atoms with van der Waals surface area (Å²) in [6.07, 6.45) is 5.32. The Hall–Kier alpha value is -0.700. The fourth-order valence-corrected chi connectivity index (χ4v) is 4.89. The SMILES string of the molecule is CC(C(N)=O)N1CCN(S(=O)(=O)N(C)C2CCCCC2)CC1. The van der Waals surface area contributed by atoms with Crippen LogP contribution in [0.5, 0.6) is 0 Å². The van der Waals surface area contributed by atoms with E-state index in [4.69, 9.17) is 5.73 Å². The van der Waals surface area contributed by atoms with Gasteiger partial charge in [0.2, 0.25) is 5.91 Å². The largest absolute Gasteiger partial charge is 0.368 e. The Bertz CT molecular complexity index is 482. The van der Waals surface area contributed by atoms with E-state index in [9.17, 15) is 13.2 Å². The first-order valence-electron chi connectivity index (χ1n) is 8.10. The maximum absolute atomic E-state index is 12.7. The number of carbonyl (C=O) groups is 1. The van der Waals surface area contributed by atoms with Gasteiger partial charge < -0.3 is 5.73 Å². The lowest BCUT2D eigenvalue weighted by molar-refractivity contribution is -0.123. The Balaban J connectivity index is 1.95. The van der Waals surface area contributed by atoms with Gasteiger partial charge in [0.15, 0.2) is 0 Å². The molecule has 0 radical (unpaired) electrons. The lowest BCUT2D eigenvalue weighted by atomic mass is 9.96. The number of rotatable bonds is 5. The molecular weight excluding hydrogens is 304 g/mol. The second-order valence-corrected chi connectivity index (χ2v) is 8.32. The molecule has 1 atom stereocenters. The molecule has 0 aromatic rings. The van der Waals surface area contributed by atoms with Crippen molar-refractivity contribution in [3.05, 3.63) is 0 Å². The van der Waals surface area contributed by atoms with Gasteiger partial charge in [0.25, 0.3) is 10.2 Å². The zero-order valence-electron chi connectivity index (χ0n) is 13.6. The van der Waals surface area contributed by atoms with Crippen LogP contribution in [0, 0.1) is 0 Å². The lowest BCUT2D eigenvalue weighted by Crippen LogP contribution is -2.57. The molecule has 2 rings (SSSR count). The highest BCUT2D eigenvalue weighted by Crippen LogP contribution is 2.25. The van der Waals surface area contributed by atoms with E-state index in [2.05, 4.69) is 0 Å². The van der Waals surface area contributed by atoms with E-state index in [0.29, 0.717) is 26.2 Å². The summed E-state index contributed by atoms with van der Waals surface area (Å²) < 4.78 is 28.6. The van der Waals surface area contributed by atoms with Gasteiger partial charge in [0.1, 0.15) is 0 Å². The van der Waals surface area contributed by atoms with Crippen LogP contribution in [0.1, 0.15) is 39.0 Å². The van der Waals surface area contributed by atoms with Crippen LogP contribution in [-0.4, -0.2) is 73.1 Å². The van der Waals surface area contributed by atoms with Gasteiger partial charge in [-0.3, -0.25) is 9.69 Å². The van der Waals surface area contributed by atoms with Crippen LogP contribution < -0.4 is 5.73 Å². The monoisotopic (exact) mass is 332 g/mol. The third-order valence-electron chi connectivity index (χ3n) is 5.01. The quantitative estimate of drug-likeness (QED) is 0.767. The fraction of sp³-hybridized carbons (Fsp3) is 0.929. The molecule has 1 saturated heterocycles. The van der Waals surface area contributed by atoms with E-state index in [0.717, 1.165) is 25.7 Å². The average molecular weight is 332 g/mol. The summed E-state index contributed by atoms with van der Waals surface area (Å²) in [5.41, 5.74) is 5.31. The Morgan fingerprint density at radius 2 is 1.68 bits per heavy atom. The van der Waals surface area contributed by atoms with Crippen molar-refractivity contribution in [1.29, 1.82) is 0 Å². The second-order valence-electron chi connectivity index (χ2n) is 6.33. The summed E-state index contributed by atoms with van der Waals surface area (Å²) in [5.74, 6) is -0.365. The number of nitrogens with zero attached hydrogens (tertiary/aromatic N) is 3. The van der Waals surface area contributed by atoms with Crippen molar-refractivity contribution in [3.8, 4) is 0 Å². The average Bonchev–Trinajstić information content (AvgIpc) is 2.54. The maximum Gasteiger partial charge on any atom is 0.282 e. The Morgan fingerprint density at radius 1 is 1.14 bits per heavy atom. The van der Waals surface area contributed by atoms with Crippen LogP contribution in [0.25, 0.3) is 0 Å². The molecule has 1 amide bonds. The number of carbonyl (C=O) groups excluding carboxylic acids is 1. The lowest BCUT2D eigenvalue weighted by Gasteiger charge is -2.39. The van der Waals surface area contributed by atoms with Crippen molar-refractivity contribution in [1.82, 2.24) is 13.5 Å². The molecule has 2 fully saturated rings. The molecule has 0 bridgehead atoms. The zero-order valence-corrected chi connectivity index (χ0v) is 14.4. The number of amides is 1. The van der Waals surface area contributed by atoms with Crippen LogP contribution in [-0.2, 0) is 15.0 Å². The molecule has 1 unspecified atom stereocenters. The molecule has 1 aliphatic heterocycles. The van der Waals surface area contributed by atoms with E-state index >= 15 is 0 Å². The molecule has 0 spiro atoms. The highest BCUT2D eigenvalue weighted by molar-refractivity contribution is 7.86. The molecule has 2 aliphatic rings. The summed E-state index contributed by atoms with van der Waals surface area (Å²) in [5, 5.41) is 0. The van der Waals surface area contributed by atoms with Crippen molar-refractivity contribution in [3.63, 3.8) is 0 Å². The summed E-state index contributed by atoms with van der Waals surface area (Å²) in [7, 11) is -1.71. The first-order valence-corrected chi connectivity index (χ1v) is 9.50. The zero-order chi connectivity index (χ0) is 16.3. The van der Waals surface area contributed by atoms with E-state index in [-0.39, 0.29) is 18.0 Å². The van der Waals surface area contributed by atoms with Crippen LogP contribution in [0.15, 0.2) is 0 Å². The van der Waals surface area contributed by atoms with Crippen molar-refractivity contribution >= 4 is 16.1 Å². The van der Waals surface area contributed by atoms with E-state index < -0.39 is 10.2 Å². The van der Waals surface area contributed by atoms with Crippen molar-refractivity contribution in [2.24, 2.45) is 5.73 Å². The summed E-state index contributed by atoms with van der Waals surface area (Å²) in [6, 6.07) is -0.220. The number of hydrogen-bond donors (Lipinski definition) is 1. The molecule has 8 heteroatoms. The summed E-state index contributed by atoms with van der Waals surface area (Å²) in [4.78, 5) is 13.2. The standard InChI is InChI=1S/C14H28N4O3S/c1-12(14(15)19)17-8-10-18(11-9-17)22(20,21)16(2)13-6-4-3-5-7-13/h12-13H,3-11H2,1-2H3,(H2,15,19). The number of piperazine rings is 1. The summed E-state index contributed by atoms with van der Waals surface area (Å²) >= 11 is 0. The predicted molar refractivity (Wildman–Crippen MR) is 85.4 cm³/mol. The minimum Gasteiger partial charge on any atom is -0.368 e. The molecule has 128 valence electrons. The highest BCUT2D eigenvalue weighted by atomic mass is 32.2. The van der Waals surface area contributed by atoms with Crippen LogP contribution >= 0.6 is 0 Å². The van der Waals surface area contributed by atoms with Gasteiger partial charge in [-0.05, 0) is 19.8 Å². The van der Waals surface area contributed by atoms with Crippen LogP contribution in [0.4, 0.5) is 0 Å². The van der Waals surface area contributed by atoms with Gasteiger partial charge in [-0.2, -0.15) is 17.0 Å². The molecular formula is C14H28N4O3S. The van der Waals surface area contributed by atoms with Crippen molar-refractivity contribution < 1.29 is 13.2 Å². The van der Waals surface area contributed by atoms with Gasteiger partial charge in [0, 0.05) is 39.3 Å². The third kappa shape index (κ3) is 3.79. The Morgan fingerprint density at radius 3 is 2.18 bits per heavy atom. The molecule has 1 heterocycles. The summed E-state index contributed by atoms with van der Waals surface area (Å²) in [6.45, 7) is 3.68. The van der Waals surface area contributed by atoms with E-state index in [1.54, 1.807) is 18.3 Å². The van der Waals surface area contributed by atoms with E-state index in [1.165, 1.54) is 10.7 Å². The predicted octanol–water partition coefficient (Wildman–Crippen LogP) is -0.0129. The van der Waals surface area contributed by atoms with Gasteiger partial charge in [-0.1, -0.05) is 19.3 Å². The van der Waals surface area contributed by atoms with Gasteiger partial charge in [0.05, 0.1) is 6.04 Å². The first-order chi connectivity index (χ1) is 10.3. The van der Waals surface area contributed by atoms with Crippen molar-refractivity contribution in [2.45, 2.75) is 51.1 Å². The van der Waals surface area contributed by atoms with Gasteiger partial charge in [-0.15, -0.1) is 0 Å². The Labute approximate surface area is 133 Å². The third-order valence-corrected chi connectivity index (χ3v) is 7.06. The molecule has 0 aromatic carbocycles. The van der Waals surface area contributed by atoms with Crippen LogP contribution in [0.2, 0.25) is 0 Å². The highest BCUT2D eigenvalue weighted by Gasteiger charge is 2.35. The normalized spacial score (nSPS) is 24.5. The van der Waals surface area contributed by atoms with E-state index in [1.807, 2.05) is 4.90 Å². The second kappa shape index (κ2) is 7.25. The van der Waals surface area contributed by atoms with Crippen LogP contribution in [0.3, 0.4) is 0 Å². The molecule has 1 aliphatic carbocycles. The van der Waals surface area contributed by atoms with Crippen molar-refractivity contribution in [2.75, 3.05) is 33.2 Å².